The topological polar surface area (TPSA) is 55.4 Å². The lowest BCUT2D eigenvalue weighted by Crippen LogP contribution is -2.38. The number of rotatable bonds is 3. The molecule has 0 saturated heterocycles. The summed E-state index contributed by atoms with van der Waals surface area (Å²) in [6, 6.07) is 15.2. The second-order valence-corrected chi connectivity index (χ2v) is 7.43. The van der Waals surface area contributed by atoms with E-state index < -0.39 is 0 Å². The van der Waals surface area contributed by atoms with Gasteiger partial charge < -0.3 is 10.1 Å². The molecular formula is C22H20ClNO3. The zero-order chi connectivity index (χ0) is 19.0. The Bertz CT molecular complexity index is 950. The molecule has 27 heavy (non-hydrogen) atoms. The number of hydrogen-bond donors (Lipinski definition) is 1. The highest BCUT2D eigenvalue weighted by Gasteiger charge is 2.38. The highest BCUT2D eigenvalue weighted by atomic mass is 35.5. The van der Waals surface area contributed by atoms with Crippen molar-refractivity contribution in [2.24, 2.45) is 0 Å². The molecule has 2 aromatic rings. The van der Waals surface area contributed by atoms with Crippen LogP contribution in [-0.2, 0) is 9.59 Å². The molecule has 1 N–H and O–H groups in total. The molecule has 0 unspecified atom stereocenters. The van der Waals surface area contributed by atoms with Gasteiger partial charge in [-0.3, -0.25) is 9.59 Å². The Morgan fingerprint density at radius 3 is 2.63 bits per heavy atom. The average Bonchev–Trinajstić information content (AvgIpc) is 2.67. The van der Waals surface area contributed by atoms with Gasteiger partial charge >= 0.3 is 0 Å². The molecule has 2 aromatic carbocycles. The summed E-state index contributed by atoms with van der Waals surface area (Å²) in [7, 11) is 1.61. The quantitative estimate of drug-likeness (QED) is 0.859. The summed E-state index contributed by atoms with van der Waals surface area (Å²) in [5.74, 6) is 0.485. The molecule has 0 spiro atoms. The summed E-state index contributed by atoms with van der Waals surface area (Å²) in [6.07, 6.45) is 1.28. The Balaban J connectivity index is 1.73. The number of methoxy groups -OCH3 is 1. The number of Topliss-reactive ketones (excluding diaryl/α,β-unsaturated/α-hetero) is 1. The largest absolute Gasteiger partial charge is 0.497 e. The number of ketones is 1. The summed E-state index contributed by atoms with van der Waals surface area (Å²) < 4.78 is 5.31. The third kappa shape index (κ3) is 3.37. The zero-order valence-corrected chi connectivity index (χ0v) is 15.8. The van der Waals surface area contributed by atoms with Gasteiger partial charge in [0.05, 0.1) is 7.11 Å². The van der Waals surface area contributed by atoms with E-state index in [2.05, 4.69) is 5.32 Å². The van der Waals surface area contributed by atoms with Crippen LogP contribution in [0.1, 0.15) is 42.2 Å². The van der Waals surface area contributed by atoms with Crippen LogP contribution >= 0.6 is 11.6 Å². The second-order valence-electron chi connectivity index (χ2n) is 7.02. The number of allylic oxidation sites excluding steroid dienone is 2. The maximum absolute atomic E-state index is 13.1. The summed E-state index contributed by atoms with van der Waals surface area (Å²) >= 11 is 6.34. The normalized spacial score (nSPS) is 22.3. The molecule has 0 aromatic heterocycles. The smallest absolute Gasteiger partial charge is 0.225 e. The van der Waals surface area contributed by atoms with Gasteiger partial charge in [0.2, 0.25) is 5.91 Å². The van der Waals surface area contributed by atoms with Crippen LogP contribution in [0.5, 0.6) is 5.75 Å². The maximum Gasteiger partial charge on any atom is 0.225 e. The van der Waals surface area contributed by atoms with Crippen molar-refractivity contribution in [3.05, 3.63) is 76.0 Å². The van der Waals surface area contributed by atoms with Gasteiger partial charge in [0, 0.05) is 35.1 Å². The van der Waals surface area contributed by atoms with Gasteiger partial charge in [-0.1, -0.05) is 41.9 Å². The monoisotopic (exact) mass is 381 g/mol. The van der Waals surface area contributed by atoms with Crippen molar-refractivity contribution < 1.29 is 14.3 Å². The van der Waals surface area contributed by atoms with Crippen molar-refractivity contribution in [3.63, 3.8) is 0 Å². The molecule has 0 radical (unpaired) electrons. The molecule has 138 valence electrons. The van der Waals surface area contributed by atoms with E-state index in [1.54, 1.807) is 7.11 Å². The third-order valence-corrected chi connectivity index (χ3v) is 5.72. The first-order chi connectivity index (χ1) is 13.1. The Hall–Kier alpha value is -2.59. The number of halogens is 1. The Kier molecular flexibility index (Phi) is 4.75. The molecule has 0 saturated carbocycles. The van der Waals surface area contributed by atoms with Gasteiger partial charge in [0.1, 0.15) is 5.75 Å². The summed E-state index contributed by atoms with van der Waals surface area (Å²) in [5.41, 5.74) is 3.35. The van der Waals surface area contributed by atoms with Gasteiger partial charge in [-0.05, 0) is 41.7 Å². The van der Waals surface area contributed by atoms with Crippen molar-refractivity contribution >= 4 is 23.3 Å². The fourth-order valence-corrected chi connectivity index (χ4v) is 4.42. The van der Waals surface area contributed by atoms with Gasteiger partial charge in [0.15, 0.2) is 5.78 Å². The number of benzene rings is 2. The lowest BCUT2D eigenvalue weighted by atomic mass is 9.73. The summed E-state index contributed by atoms with van der Waals surface area (Å²) in [6.45, 7) is 0. The predicted octanol–water partition coefficient (Wildman–Crippen LogP) is 4.35. The van der Waals surface area contributed by atoms with E-state index in [-0.39, 0.29) is 29.9 Å². The van der Waals surface area contributed by atoms with Crippen LogP contribution in [0.25, 0.3) is 0 Å². The zero-order valence-electron chi connectivity index (χ0n) is 15.0. The molecule has 1 aliphatic carbocycles. The number of amides is 1. The van der Waals surface area contributed by atoms with Crippen LogP contribution in [0.3, 0.4) is 0 Å². The fourth-order valence-electron chi connectivity index (χ4n) is 4.13. The van der Waals surface area contributed by atoms with Crippen molar-refractivity contribution in [2.45, 2.75) is 31.1 Å². The first-order valence-electron chi connectivity index (χ1n) is 9.01. The molecule has 1 heterocycles. The minimum Gasteiger partial charge on any atom is -0.497 e. The average molecular weight is 382 g/mol. The molecule has 4 rings (SSSR count). The van der Waals surface area contributed by atoms with Gasteiger partial charge in [-0.25, -0.2) is 0 Å². The standard InChI is InChI=1S/C22H20ClNO3/c1-27-15-6-4-5-13(9-15)17-12-21(26)24-19-10-14(11-20(25)22(17)19)16-7-2-3-8-18(16)23/h2-9,14,17H,10-12H2,1H3,(H,24,26)/t14-,17+/m1/s1. The number of ether oxygens (including phenoxy) is 1. The molecule has 0 fully saturated rings. The van der Waals surface area contributed by atoms with E-state index in [0.717, 1.165) is 28.1 Å². The lowest BCUT2D eigenvalue weighted by Gasteiger charge is -2.34. The van der Waals surface area contributed by atoms with Crippen LogP contribution < -0.4 is 10.1 Å². The predicted molar refractivity (Wildman–Crippen MR) is 104 cm³/mol. The van der Waals surface area contributed by atoms with Crippen LogP contribution in [0.15, 0.2) is 59.8 Å². The van der Waals surface area contributed by atoms with E-state index in [0.29, 0.717) is 17.9 Å². The third-order valence-electron chi connectivity index (χ3n) is 5.38. The van der Waals surface area contributed by atoms with E-state index in [1.165, 1.54) is 0 Å². The minimum absolute atomic E-state index is 0.0192. The molecular weight excluding hydrogens is 362 g/mol. The number of hydrogen-bond acceptors (Lipinski definition) is 3. The summed E-state index contributed by atoms with van der Waals surface area (Å²) in [4.78, 5) is 25.4. The van der Waals surface area contributed by atoms with E-state index >= 15 is 0 Å². The van der Waals surface area contributed by atoms with Crippen LogP contribution in [-0.4, -0.2) is 18.8 Å². The van der Waals surface area contributed by atoms with Gasteiger partial charge in [-0.15, -0.1) is 0 Å². The first kappa shape index (κ1) is 17.8. The molecule has 1 amide bonds. The SMILES string of the molecule is COc1cccc([C@@H]2CC(=O)NC3=C2C(=O)C[C@H](c2ccccc2Cl)C3)c1. The van der Waals surface area contributed by atoms with E-state index in [4.69, 9.17) is 16.3 Å². The molecule has 4 nitrogen and oxygen atoms in total. The lowest BCUT2D eigenvalue weighted by molar-refractivity contribution is -0.122. The molecule has 2 atom stereocenters. The Morgan fingerprint density at radius 1 is 1.04 bits per heavy atom. The molecule has 5 heteroatoms. The minimum atomic E-state index is -0.233. The highest BCUT2D eigenvalue weighted by molar-refractivity contribution is 6.31. The van der Waals surface area contributed by atoms with Gasteiger partial charge in [-0.2, -0.15) is 0 Å². The molecule has 0 bridgehead atoms. The number of carbonyl (C=O) groups is 2. The molecule has 2 aliphatic rings. The molecule has 1 aliphatic heterocycles. The van der Waals surface area contributed by atoms with Crippen molar-refractivity contribution in [2.75, 3.05) is 7.11 Å². The fraction of sp³-hybridized carbons (Fsp3) is 0.273. The first-order valence-corrected chi connectivity index (χ1v) is 9.39. The van der Waals surface area contributed by atoms with Crippen molar-refractivity contribution in [1.82, 2.24) is 5.32 Å². The summed E-state index contributed by atoms with van der Waals surface area (Å²) in [5, 5.41) is 3.60. The van der Waals surface area contributed by atoms with E-state index in [1.807, 2.05) is 48.5 Å². The van der Waals surface area contributed by atoms with Crippen LogP contribution in [0.2, 0.25) is 5.02 Å². The van der Waals surface area contributed by atoms with Crippen molar-refractivity contribution in [3.8, 4) is 5.75 Å². The number of nitrogens with one attached hydrogen (secondary N) is 1. The second kappa shape index (κ2) is 7.20. The Labute approximate surface area is 163 Å². The highest BCUT2D eigenvalue weighted by Crippen LogP contribution is 2.44. The van der Waals surface area contributed by atoms with Gasteiger partial charge in [0.25, 0.3) is 0 Å². The van der Waals surface area contributed by atoms with Crippen LogP contribution in [0.4, 0.5) is 0 Å². The van der Waals surface area contributed by atoms with Crippen molar-refractivity contribution in [1.29, 1.82) is 0 Å². The van der Waals surface area contributed by atoms with Crippen LogP contribution in [0, 0.1) is 0 Å². The number of carbonyl (C=O) groups excluding carboxylic acids is 2. The maximum atomic E-state index is 13.1. The van der Waals surface area contributed by atoms with E-state index in [9.17, 15) is 9.59 Å². The Morgan fingerprint density at radius 2 is 1.85 bits per heavy atom.